The highest BCUT2D eigenvalue weighted by molar-refractivity contribution is 5.85. The molecule has 1 aromatic carbocycles. The van der Waals surface area contributed by atoms with Crippen molar-refractivity contribution in [1.29, 1.82) is 0 Å². The molecule has 0 saturated heterocycles. The number of carboxylic acids is 1. The molecule has 104 valence electrons. The van der Waals surface area contributed by atoms with Crippen molar-refractivity contribution in [3.63, 3.8) is 0 Å². The molecule has 7 heteroatoms. The Labute approximate surface area is 107 Å². The molecule has 0 spiro atoms. The van der Waals surface area contributed by atoms with Crippen molar-refractivity contribution >= 4 is 12.0 Å². The second-order valence-electron chi connectivity index (χ2n) is 3.38. The molecule has 0 heterocycles. The Balaban J connectivity index is 2.38. The molecule has 1 N–H and O–H groups in total. The van der Waals surface area contributed by atoms with Crippen molar-refractivity contribution in [3.8, 4) is 5.75 Å². The van der Waals surface area contributed by atoms with Gasteiger partial charge < -0.3 is 9.84 Å². The normalized spacial score (nSPS) is 11.7. The standard InChI is InChI=1S/C12H11F3O4/c13-12(14,15)19-8-7-18-10-4-1-9(2-5-10)3-6-11(16)17/h1-6H,7-8H2,(H,16,17). The van der Waals surface area contributed by atoms with E-state index in [0.717, 1.165) is 6.08 Å². The third kappa shape index (κ3) is 7.10. The summed E-state index contributed by atoms with van der Waals surface area (Å²) in [4.78, 5) is 10.3. The lowest BCUT2D eigenvalue weighted by Gasteiger charge is -2.09. The van der Waals surface area contributed by atoms with Gasteiger partial charge in [0.05, 0.1) is 6.61 Å². The van der Waals surface area contributed by atoms with E-state index < -0.39 is 18.9 Å². The number of alkyl halides is 3. The van der Waals surface area contributed by atoms with Crippen LogP contribution in [0.25, 0.3) is 6.08 Å². The van der Waals surface area contributed by atoms with Gasteiger partial charge in [-0.3, -0.25) is 4.74 Å². The molecular formula is C12H11F3O4. The van der Waals surface area contributed by atoms with E-state index in [2.05, 4.69) is 4.74 Å². The highest BCUT2D eigenvalue weighted by Crippen LogP contribution is 2.16. The van der Waals surface area contributed by atoms with Crippen LogP contribution in [0.5, 0.6) is 5.75 Å². The van der Waals surface area contributed by atoms with Crippen molar-refractivity contribution in [2.45, 2.75) is 6.36 Å². The van der Waals surface area contributed by atoms with Crippen molar-refractivity contribution in [2.24, 2.45) is 0 Å². The zero-order chi connectivity index (χ0) is 14.3. The fraction of sp³-hybridized carbons (Fsp3) is 0.250. The maximum Gasteiger partial charge on any atom is 0.522 e. The second-order valence-corrected chi connectivity index (χ2v) is 3.38. The van der Waals surface area contributed by atoms with Gasteiger partial charge >= 0.3 is 12.3 Å². The van der Waals surface area contributed by atoms with E-state index >= 15 is 0 Å². The molecule has 1 rings (SSSR count). The number of halogens is 3. The molecule has 0 aliphatic heterocycles. The molecule has 0 aliphatic rings. The van der Waals surface area contributed by atoms with Gasteiger partial charge in [-0.25, -0.2) is 4.79 Å². The minimum atomic E-state index is -4.66. The van der Waals surface area contributed by atoms with Crippen LogP contribution in [0, 0.1) is 0 Å². The third-order valence-corrected chi connectivity index (χ3v) is 1.92. The van der Waals surface area contributed by atoms with Gasteiger partial charge in [-0.05, 0) is 23.8 Å². The summed E-state index contributed by atoms with van der Waals surface area (Å²) in [5, 5.41) is 8.42. The Bertz CT molecular complexity index is 437. The lowest BCUT2D eigenvalue weighted by atomic mass is 10.2. The van der Waals surface area contributed by atoms with Crippen LogP contribution in [0.1, 0.15) is 5.56 Å². The first kappa shape index (κ1) is 15.0. The van der Waals surface area contributed by atoms with Gasteiger partial charge in [0.15, 0.2) is 0 Å². The summed E-state index contributed by atoms with van der Waals surface area (Å²) in [7, 11) is 0. The van der Waals surface area contributed by atoms with Gasteiger partial charge in [0.25, 0.3) is 0 Å². The summed E-state index contributed by atoms with van der Waals surface area (Å²) in [5.74, 6) is -0.692. The number of ether oxygens (including phenoxy) is 2. The van der Waals surface area contributed by atoms with E-state index in [1.54, 1.807) is 12.1 Å². The van der Waals surface area contributed by atoms with Gasteiger partial charge in [0, 0.05) is 6.08 Å². The minimum Gasteiger partial charge on any atom is -0.491 e. The van der Waals surface area contributed by atoms with Crippen LogP contribution in [0.2, 0.25) is 0 Å². The number of hydrogen-bond acceptors (Lipinski definition) is 3. The molecule has 0 fully saturated rings. The Morgan fingerprint density at radius 2 is 1.84 bits per heavy atom. The largest absolute Gasteiger partial charge is 0.522 e. The van der Waals surface area contributed by atoms with Crippen LogP contribution >= 0.6 is 0 Å². The van der Waals surface area contributed by atoms with Gasteiger partial charge in [-0.2, -0.15) is 0 Å². The highest BCUT2D eigenvalue weighted by Gasteiger charge is 2.28. The monoisotopic (exact) mass is 276 g/mol. The molecule has 19 heavy (non-hydrogen) atoms. The van der Waals surface area contributed by atoms with Crippen LogP contribution in [-0.2, 0) is 9.53 Å². The number of rotatable bonds is 6. The fourth-order valence-corrected chi connectivity index (χ4v) is 1.16. The number of hydrogen-bond donors (Lipinski definition) is 1. The third-order valence-electron chi connectivity index (χ3n) is 1.92. The predicted octanol–water partition coefficient (Wildman–Crippen LogP) is 2.70. The summed E-state index contributed by atoms with van der Waals surface area (Å²) in [6.45, 7) is -0.825. The van der Waals surface area contributed by atoms with E-state index in [-0.39, 0.29) is 6.61 Å². The van der Waals surface area contributed by atoms with Crippen LogP contribution in [0.3, 0.4) is 0 Å². The number of carbonyl (C=O) groups is 1. The summed E-state index contributed by atoms with van der Waals surface area (Å²) in [6.07, 6.45) is -2.29. The molecule has 4 nitrogen and oxygen atoms in total. The number of aliphatic carboxylic acids is 1. The smallest absolute Gasteiger partial charge is 0.491 e. The van der Waals surface area contributed by atoms with E-state index in [4.69, 9.17) is 9.84 Å². The van der Waals surface area contributed by atoms with Crippen LogP contribution < -0.4 is 4.74 Å². The van der Waals surface area contributed by atoms with Gasteiger partial charge in [-0.1, -0.05) is 12.1 Å². The molecule has 0 bridgehead atoms. The van der Waals surface area contributed by atoms with E-state index in [1.807, 2.05) is 0 Å². The van der Waals surface area contributed by atoms with Crippen molar-refractivity contribution in [1.82, 2.24) is 0 Å². The molecule has 1 aromatic rings. The molecule has 0 radical (unpaired) electrons. The Morgan fingerprint density at radius 1 is 1.21 bits per heavy atom. The summed E-state index contributed by atoms with van der Waals surface area (Å²) in [5.41, 5.74) is 0.640. The average Bonchev–Trinajstić information content (AvgIpc) is 2.32. The molecular weight excluding hydrogens is 265 g/mol. The van der Waals surface area contributed by atoms with Gasteiger partial charge in [-0.15, -0.1) is 13.2 Å². The lowest BCUT2D eigenvalue weighted by Crippen LogP contribution is -2.18. The quantitative estimate of drug-likeness (QED) is 0.641. The molecule has 0 atom stereocenters. The molecule has 0 aliphatic carbocycles. The summed E-state index contributed by atoms with van der Waals surface area (Å²) < 4.78 is 43.5. The Morgan fingerprint density at radius 3 is 2.37 bits per heavy atom. The summed E-state index contributed by atoms with van der Waals surface area (Å²) in [6, 6.07) is 6.21. The summed E-state index contributed by atoms with van der Waals surface area (Å²) >= 11 is 0. The van der Waals surface area contributed by atoms with E-state index in [0.29, 0.717) is 11.3 Å². The molecule has 0 unspecified atom stereocenters. The highest BCUT2D eigenvalue weighted by atomic mass is 19.4. The average molecular weight is 276 g/mol. The second kappa shape index (κ2) is 6.79. The first-order valence-corrected chi connectivity index (χ1v) is 5.21. The van der Waals surface area contributed by atoms with E-state index in [1.165, 1.54) is 18.2 Å². The van der Waals surface area contributed by atoms with Gasteiger partial charge in [0.2, 0.25) is 0 Å². The van der Waals surface area contributed by atoms with Crippen molar-refractivity contribution < 1.29 is 32.5 Å². The SMILES string of the molecule is O=C(O)C=Cc1ccc(OCCOC(F)(F)F)cc1. The Kier molecular flexibility index (Phi) is 5.37. The lowest BCUT2D eigenvalue weighted by molar-refractivity contribution is -0.325. The maximum absolute atomic E-state index is 11.7. The number of benzene rings is 1. The number of carboxylic acid groups (broad SMARTS) is 1. The molecule has 0 saturated carbocycles. The maximum atomic E-state index is 11.7. The van der Waals surface area contributed by atoms with E-state index in [9.17, 15) is 18.0 Å². The van der Waals surface area contributed by atoms with Crippen LogP contribution in [0.15, 0.2) is 30.3 Å². The topological polar surface area (TPSA) is 55.8 Å². The van der Waals surface area contributed by atoms with Gasteiger partial charge in [0.1, 0.15) is 12.4 Å². The van der Waals surface area contributed by atoms with Crippen LogP contribution in [0.4, 0.5) is 13.2 Å². The predicted molar refractivity (Wildman–Crippen MR) is 60.6 cm³/mol. The first-order chi connectivity index (χ1) is 8.87. The zero-order valence-electron chi connectivity index (χ0n) is 9.68. The molecule has 0 amide bonds. The Hall–Kier alpha value is -2.02. The first-order valence-electron chi connectivity index (χ1n) is 5.21. The zero-order valence-corrected chi connectivity index (χ0v) is 9.68. The van der Waals surface area contributed by atoms with Crippen molar-refractivity contribution in [2.75, 3.05) is 13.2 Å². The fourth-order valence-electron chi connectivity index (χ4n) is 1.16. The molecule has 0 aromatic heterocycles. The van der Waals surface area contributed by atoms with Crippen LogP contribution in [-0.4, -0.2) is 30.7 Å². The minimum absolute atomic E-state index is 0.232. The van der Waals surface area contributed by atoms with Crippen molar-refractivity contribution in [3.05, 3.63) is 35.9 Å².